The van der Waals surface area contributed by atoms with E-state index in [-0.39, 0.29) is 5.82 Å². The van der Waals surface area contributed by atoms with Crippen molar-refractivity contribution in [2.75, 3.05) is 0 Å². The number of benzene rings is 2. The van der Waals surface area contributed by atoms with Gasteiger partial charge in [-0.2, -0.15) is 0 Å². The molecule has 0 aliphatic heterocycles. The van der Waals surface area contributed by atoms with Gasteiger partial charge in [-0.05, 0) is 40.8 Å². The molecule has 2 aromatic rings. The Morgan fingerprint density at radius 2 is 1.89 bits per heavy atom. The van der Waals surface area contributed by atoms with Crippen LogP contribution in [-0.2, 0) is 0 Å². The van der Waals surface area contributed by atoms with Crippen LogP contribution in [0, 0.1) is 5.82 Å². The predicted molar refractivity (Wildman–Crippen MR) is 71.3 cm³/mol. The average Bonchev–Trinajstić information content (AvgIpc) is 2.39. The molecule has 2 rings (SSSR count). The van der Waals surface area contributed by atoms with Crippen LogP contribution in [-0.4, -0.2) is 6.29 Å². The molecule has 0 saturated carbocycles. The number of aldehydes is 1. The summed E-state index contributed by atoms with van der Waals surface area (Å²) in [7, 11) is 0. The van der Waals surface area contributed by atoms with Gasteiger partial charge in [-0.3, -0.25) is 4.79 Å². The first-order chi connectivity index (χ1) is 8.61. The first-order valence-corrected chi connectivity index (χ1v) is 5.97. The lowest BCUT2D eigenvalue weighted by molar-refractivity contribution is 0.112. The Morgan fingerprint density at radius 3 is 2.56 bits per heavy atom. The Hall–Kier alpha value is -1.96. The van der Waals surface area contributed by atoms with Gasteiger partial charge in [0.2, 0.25) is 0 Å². The maximum Gasteiger partial charge on any atom is 0.150 e. The second-order valence-corrected chi connectivity index (χ2v) is 4.63. The molecule has 0 amide bonds. The number of hydrogen-bond acceptors (Lipinski definition) is 1. The van der Waals surface area contributed by atoms with Gasteiger partial charge in [0.05, 0.1) is 0 Å². The molecule has 0 aromatic heterocycles. The third kappa shape index (κ3) is 2.48. The largest absolute Gasteiger partial charge is 0.298 e. The first kappa shape index (κ1) is 12.5. The van der Waals surface area contributed by atoms with Gasteiger partial charge in [0, 0.05) is 5.56 Å². The molecule has 2 aromatic carbocycles. The summed E-state index contributed by atoms with van der Waals surface area (Å²) in [5, 5.41) is 0. The van der Waals surface area contributed by atoms with E-state index < -0.39 is 0 Å². The van der Waals surface area contributed by atoms with E-state index in [2.05, 4.69) is 13.8 Å². The molecule has 1 nitrogen and oxygen atoms in total. The van der Waals surface area contributed by atoms with Crippen molar-refractivity contribution in [2.45, 2.75) is 19.8 Å². The molecule has 0 heterocycles. The molecule has 0 fully saturated rings. The van der Waals surface area contributed by atoms with E-state index in [0.717, 1.165) is 11.8 Å². The van der Waals surface area contributed by atoms with Gasteiger partial charge >= 0.3 is 0 Å². The second kappa shape index (κ2) is 5.13. The van der Waals surface area contributed by atoms with Crippen molar-refractivity contribution in [3.8, 4) is 11.1 Å². The van der Waals surface area contributed by atoms with Crippen molar-refractivity contribution < 1.29 is 9.18 Å². The summed E-state index contributed by atoms with van der Waals surface area (Å²) in [5.74, 6) is 0.0729. The van der Waals surface area contributed by atoms with Gasteiger partial charge in [0.15, 0.2) is 6.29 Å². The Balaban J connectivity index is 2.57. The molecule has 0 aliphatic carbocycles. The van der Waals surface area contributed by atoms with E-state index in [4.69, 9.17) is 0 Å². The maximum atomic E-state index is 13.3. The minimum absolute atomic E-state index is 0.328. The van der Waals surface area contributed by atoms with Crippen LogP contribution in [0.25, 0.3) is 11.1 Å². The smallest absolute Gasteiger partial charge is 0.150 e. The van der Waals surface area contributed by atoms with E-state index in [9.17, 15) is 9.18 Å². The third-order valence-corrected chi connectivity index (χ3v) is 3.01. The van der Waals surface area contributed by atoms with E-state index in [1.807, 2.05) is 24.3 Å². The summed E-state index contributed by atoms with van der Waals surface area (Å²) in [6, 6.07) is 12.1. The number of carbonyl (C=O) groups excluding carboxylic acids is 1. The lowest BCUT2D eigenvalue weighted by Gasteiger charge is -2.10. The Kier molecular flexibility index (Phi) is 3.56. The number of hydrogen-bond donors (Lipinski definition) is 0. The van der Waals surface area contributed by atoms with Gasteiger partial charge in [0.1, 0.15) is 5.82 Å². The average molecular weight is 242 g/mol. The van der Waals surface area contributed by atoms with Crippen molar-refractivity contribution in [2.24, 2.45) is 0 Å². The molecule has 0 spiro atoms. The van der Waals surface area contributed by atoms with Crippen LogP contribution in [0.5, 0.6) is 0 Å². The highest BCUT2D eigenvalue weighted by molar-refractivity contribution is 5.87. The maximum absolute atomic E-state index is 13.3. The second-order valence-electron chi connectivity index (χ2n) is 4.63. The summed E-state index contributed by atoms with van der Waals surface area (Å²) >= 11 is 0. The van der Waals surface area contributed by atoms with Crippen molar-refractivity contribution in [1.29, 1.82) is 0 Å². The molecule has 0 saturated heterocycles. The molecular formula is C16H15FO. The predicted octanol–water partition coefficient (Wildman–Crippen LogP) is 4.43. The molecule has 0 bridgehead atoms. The molecule has 18 heavy (non-hydrogen) atoms. The summed E-state index contributed by atoms with van der Waals surface area (Å²) in [6.07, 6.45) is 0.761. The molecule has 0 unspecified atom stereocenters. The summed E-state index contributed by atoms with van der Waals surface area (Å²) in [6.45, 7) is 4.21. The number of rotatable bonds is 3. The third-order valence-electron chi connectivity index (χ3n) is 3.01. The van der Waals surface area contributed by atoms with E-state index in [1.165, 1.54) is 23.8 Å². The minimum atomic E-state index is -0.328. The van der Waals surface area contributed by atoms with Gasteiger partial charge in [-0.25, -0.2) is 4.39 Å². The highest BCUT2D eigenvalue weighted by Crippen LogP contribution is 2.26. The standard InChI is InChI=1S/C16H15FO/c1-11(2)12-4-3-5-13(8-12)16-9-15(17)7-6-14(16)10-18/h3-11H,1-2H3. The fraction of sp³-hybridized carbons (Fsp3) is 0.188. The van der Waals surface area contributed by atoms with Crippen molar-refractivity contribution in [3.05, 3.63) is 59.4 Å². The summed E-state index contributed by atoms with van der Waals surface area (Å²) in [4.78, 5) is 11.0. The zero-order valence-electron chi connectivity index (χ0n) is 10.5. The molecular weight excluding hydrogens is 227 g/mol. The fourth-order valence-corrected chi connectivity index (χ4v) is 1.95. The number of halogens is 1. The highest BCUT2D eigenvalue weighted by Gasteiger charge is 2.08. The first-order valence-electron chi connectivity index (χ1n) is 5.97. The SMILES string of the molecule is CC(C)c1cccc(-c2cc(F)ccc2C=O)c1. The van der Waals surface area contributed by atoms with Gasteiger partial charge in [0.25, 0.3) is 0 Å². The Labute approximate surface area is 106 Å². The van der Waals surface area contributed by atoms with Crippen molar-refractivity contribution in [3.63, 3.8) is 0 Å². The zero-order valence-corrected chi connectivity index (χ0v) is 10.5. The lowest BCUT2D eigenvalue weighted by atomic mass is 9.95. The van der Waals surface area contributed by atoms with Crippen LogP contribution < -0.4 is 0 Å². The summed E-state index contributed by atoms with van der Waals surface area (Å²) in [5.41, 5.74) is 3.21. The molecule has 0 aliphatic rings. The van der Waals surface area contributed by atoms with Gasteiger partial charge < -0.3 is 0 Å². The fourth-order valence-electron chi connectivity index (χ4n) is 1.95. The van der Waals surface area contributed by atoms with Gasteiger partial charge in [-0.15, -0.1) is 0 Å². The van der Waals surface area contributed by atoms with Crippen LogP contribution in [0.3, 0.4) is 0 Å². The van der Waals surface area contributed by atoms with Crippen LogP contribution in [0.1, 0.15) is 35.7 Å². The van der Waals surface area contributed by atoms with Crippen LogP contribution in [0.2, 0.25) is 0 Å². The normalized spacial score (nSPS) is 10.7. The molecule has 92 valence electrons. The topological polar surface area (TPSA) is 17.1 Å². The lowest BCUT2D eigenvalue weighted by Crippen LogP contribution is -1.92. The quantitative estimate of drug-likeness (QED) is 0.728. The number of carbonyl (C=O) groups is 1. The van der Waals surface area contributed by atoms with Crippen molar-refractivity contribution >= 4 is 6.29 Å². The molecule has 0 N–H and O–H groups in total. The van der Waals surface area contributed by atoms with E-state index in [1.54, 1.807) is 0 Å². The molecule has 0 radical (unpaired) electrons. The molecule has 2 heteroatoms. The zero-order chi connectivity index (χ0) is 13.1. The Bertz CT molecular complexity index is 573. The van der Waals surface area contributed by atoms with Crippen molar-refractivity contribution in [1.82, 2.24) is 0 Å². The van der Waals surface area contributed by atoms with Crippen LogP contribution in [0.4, 0.5) is 4.39 Å². The van der Waals surface area contributed by atoms with Crippen LogP contribution in [0.15, 0.2) is 42.5 Å². The monoisotopic (exact) mass is 242 g/mol. The van der Waals surface area contributed by atoms with Crippen LogP contribution >= 0.6 is 0 Å². The van der Waals surface area contributed by atoms with Gasteiger partial charge in [-0.1, -0.05) is 38.1 Å². The Morgan fingerprint density at radius 1 is 1.11 bits per heavy atom. The molecule has 0 atom stereocenters. The minimum Gasteiger partial charge on any atom is -0.298 e. The highest BCUT2D eigenvalue weighted by atomic mass is 19.1. The van der Waals surface area contributed by atoms with E-state index in [0.29, 0.717) is 17.0 Å². The van der Waals surface area contributed by atoms with E-state index >= 15 is 0 Å². The summed E-state index contributed by atoms with van der Waals surface area (Å²) < 4.78 is 13.3.